The van der Waals surface area contributed by atoms with Crippen molar-refractivity contribution in [2.75, 3.05) is 32.8 Å². The van der Waals surface area contributed by atoms with Crippen molar-refractivity contribution in [3.63, 3.8) is 0 Å². The van der Waals surface area contributed by atoms with Gasteiger partial charge in [0, 0.05) is 44.1 Å². The topological polar surface area (TPSA) is 116 Å². The molecule has 1 atom stereocenters. The van der Waals surface area contributed by atoms with Crippen LogP contribution in [0.15, 0.2) is 45.6 Å². The monoisotopic (exact) mass is 520 g/mol. The predicted molar refractivity (Wildman–Crippen MR) is 136 cm³/mol. The van der Waals surface area contributed by atoms with Gasteiger partial charge in [0.1, 0.15) is 17.9 Å². The van der Waals surface area contributed by atoms with Crippen molar-refractivity contribution >= 4 is 28.8 Å². The number of rotatable bonds is 4. The second-order valence-electron chi connectivity index (χ2n) is 9.40. The molecule has 0 bridgehead atoms. The Bertz CT molecular complexity index is 1490. The highest BCUT2D eigenvalue weighted by atomic mass is 16.6. The fourth-order valence-corrected chi connectivity index (χ4v) is 4.82. The molecular formula is C28H28N2O8. The van der Waals surface area contributed by atoms with Gasteiger partial charge in [0.2, 0.25) is 12.0 Å². The van der Waals surface area contributed by atoms with E-state index in [-0.39, 0.29) is 30.4 Å². The maximum atomic E-state index is 13.1. The molecule has 1 fully saturated rings. The van der Waals surface area contributed by atoms with E-state index in [0.717, 1.165) is 0 Å². The molecule has 2 aliphatic heterocycles. The molecule has 0 saturated carbocycles. The summed E-state index contributed by atoms with van der Waals surface area (Å²) in [5.74, 6) is 0.597. The first-order chi connectivity index (χ1) is 18.2. The third kappa shape index (κ3) is 4.81. The first-order valence-electron chi connectivity index (χ1n) is 12.4. The number of fused-ring (bicyclic) bond motifs is 2. The zero-order chi connectivity index (χ0) is 27.0. The minimum absolute atomic E-state index is 0.112. The van der Waals surface area contributed by atoms with Crippen molar-refractivity contribution in [2.24, 2.45) is 0 Å². The van der Waals surface area contributed by atoms with Crippen molar-refractivity contribution in [2.45, 2.75) is 33.3 Å². The summed E-state index contributed by atoms with van der Waals surface area (Å²) in [6.07, 6.45) is -0.846. The summed E-state index contributed by atoms with van der Waals surface area (Å²) in [5, 5.41) is 0.674. The summed E-state index contributed by atoms with van der Waals surface area (Å²) in [6.45, 7) is 6.31. The Morgan fingerprint density at radius 1 is 0.947 bits per heavy atom. The summed E-state index contributed by atoms with van der Waals surface area (Å²) >= 11 is 0. The molecule has 38 heavy (non-hydrogen) atoms. The highest BCUT2D eigenvalue weighted by molar-refractivity contribution is 5.88. The first kappa shape index (κ1) is 25.3. The average molecular weight is 521 g/mol. The molecule has 3 aromatic rings. The Balaban J connectivity index is 1.24. The van der Waals surface area contributed by atoms with Gasteiger partial charge in [-0.25, -0.2) is 4.79 Å². The van der Waals surface area contributed by atoms with Crippen LogP contribution in [0.5, 0.6) is 17.2 Å². The number of para-hydroxylation sites is 2. The molecule has 10 heteroatoms. The van der Waals surface area contributed by atoms with E-state index in [4.69, 9.17) is 18.6 Å². The molecule has 0 radical (unpaired) electrons. The van der Waals surface area contributed by atoms with Crippen LogP contribution in [0.1, 0.15) is 23.6 Å². The van der Waals surface area contributed by atoms with Gasteiger partial charge >= 0.3 is 11.6 Å². The number of nitrogens with zero attached hydrogens (tertiary/aromatic N) is 2. The van der Waals surface area contributed by atoms with E-state index in [0.29, 0.717) is 65.5 Å². The molecule has 5 rings (SSSR count). The highest BCUT2D eigenvalue weighted by Crippen LogP contribution is 2.32. The maximum absolute atomic E-state index is 13.1. The molecule has 2 aliphatic rings. The Labute approximate surface area is 218 Å². The molecule has 1 saturated heterocycles. The molecule has 198 valence electrons. The van der Waals surface area contributed by atoms with Gasteiger partial charge in [0.05, 0.1) is 12.0 Å². The summed E-state index contributed by atoms with van der Waals surface area (Å²) in [7, 11) is 0. The number of hydrogen-bond donors (Lipinski definition) is 0. The molecule has 0 aliphatic carbocycles. The van der Waals surface area contributed by atoms with Crippen LogP contribution >= 0.6 is 0 Å². The highest BCUT2D eigenvalue weighted by Gasteiger charge is 2.33. The molecule has 2 amide bonds. The van der Waals surface area contributed by atoms with Crippen molar-refractivity contribution in [1.29, 1.82) is 0 Å². The number of piperazine rings is 1. The lowest BCUT2D eigenvalue weighted by molar-refractivity contribution is -0.146. The summed E-state index contributed by atoms with van der Waals surface area (Å²) in [5.41, 5.74) is 1.19. The van der Waals surface area contributed by atoms with E-state index in [9.17, 15) is 19.2 Å². The lowest BCUT2D eigenvalue weighted by Crippen LogP contribution is -2.55. The van der Waals surface area contributed by atoms with Gasteiger partial charge in [-0.3, -0.25) is 14.4 Å². The Kier molecular flexibility index (Phi) is 6.79. The van der Waals surface area contributed by atoms with Gasteiger partial charge < -0.3 is 28.4 Å². The molecule has 0 N–H and O–H groups in total. The summed E-state index contributed by atoms with van der Waals surface area (Å²) in [6, 6.07) is 10.6. The van der Waals surface area contributed by atoms with Crippen molar-refractivity contribution < 1.29 is 33.0 Å². The van der Waals surface area contributed by atoms with Crippen molar-refractivity contribution in [1.82, 2.24) is 9.80 Å². The normalized spacial score (nSPS) is 16.9. The lowest BCUT2D eigenvalue weighted by Gasteiger charge is -2.37. The third-order valence-corrected chi connectivity index (χ3v) is 6.96. The van der Waals surface area contributed by atoms with E-state index >= 15 is 0 Å². The largest absolute Gasteiger partial charge is 0.485 e. The van der Waals surface area contributed by atoms with Crippen molar-refractivity contribution in [3.05, 3.63) is 63.5 Å². The molecule has 0 spiro atoms. The Morgan fingerprint density at radius 2 is 1.63 bits per heavy atom. The van der Waals surface area contributed by atoms with Gasteiger partial charge in [-0.2, -0.15) is 0 Å². The Hall–Kier alpha value is -4.34. The predicted octanol–water partition coefficient (Wildman–Crippen LogP) is 2.39. The van der Waals surface area contributed by atoms with Gasteiger partial charge in [0.15, 0.2) is 11.5 Å². The quantitative estimate of drug-likeness (QED) is 0.293. The van der Waals surface area contributed by atoms with Crippen molar-refractivity contribution in [3.8, 4) is 17.2 Å². The zero-order valence-electron chi connectivity index (χ0n) is 21.4. The maximum Gasteiger partial charge on any atom is 0.340 e. The number of benzene rings is 2. The lowest BCUT2D eigenvalue weighted by atomic mass is 10.0. The molecule has 10 nitrogen and oxygen atoms in total. The van der Waals surface area contributed by atoms with E-state index in [1.165, 1.54) is 6.92 Å². The molecule has 0 unspecified atom stereocenters. The number of carbonyl (C=O) groups excluding carboxylic acids is 3. The van der Waals surface area contributed by atoms with Crippen LogP contribution in [-0.2, 0) is 20.8 Å². The third-order valence-electron chi connectivity index (χ3n) is 6.96. The van der Waals surface area contributed by atoms with Crippen LogP contribution in [0.2, 0.25) is 0 Å². The Morgan fingerprint density at radius 3 is 2.34 bits per heavy atom. The van der Waals surface area contributed by atoms with E-state index in [1.54, 1.807) is 47.9 Å². The first-order valence-corrected chi connectivity index (χ1v) is 12.4. The molecule has 1 aromatic heterocycles. The zero-order valence-corrected chi connectivity index (χ0v) is 21.4. The molecule has 3 heterocycles. The minimum Gasteiger partial charge on any atom is -0.485 e. The van der Waals surface area contributed by atoms with Crippen LogP contribution in [0.3, 0.4) is 0 Å². The summed E-state index contributed by atoms with van der Waals surface area (Å²) in [4.78, 5) is 53.6. The summed E-state index contributed by atoms with van der Waals surface area (Å²) < 4.78 is 22.2. The number of esters is 1. The average Bonchev–Trinajstić information content (AvgIpc) is 2.92. The van der Waals surface area contributed by atoms with Gasteiger partial charge in [-0.15, -0.1) is 0 Å². The number of aryl methyl sites for hydroxylation is 2. The van der Waals surface area contributed by atoms with Crippen LogP contribution < -0.4 is 19.8 Å². The fraction of sp³-hybridized carbons (Fsp3) is 0.357. The van der Waals surface area contributed by atoms with Gasteiger partial charge in [0.25, 0.3) is 5.91 Å². The number of carbonyl (C=O) groups is 3. The van der Waals surface area contributed by atoms with Gasteiger partial charge in [-0.1, -0.05) is 12.1 Å². The van der Waals surface area contributed by atoms with Crippen LogP contribution in [0, 0.1) is 13.8 Å². The van der Waals surface area contributed by atoms with E-state index in [1.807, 2.05) is 12.1 Å². The minimum atomic E-state index is -0.734. The number of amides is 2. The number of hydrogen-bond acceptors (Lipinski definition) is 8. The van der Waals surface area contributed by atoms with Gasteiger partial charge in [-0.05, 0) is 43.7 Å². The van der Waals surface area contributed by atoms with Crippen LogP contribution in [0.4, 0.5) is 0 Å². The van der Waals surface area contributed by atoms with Crippen LogP contribution in [0.25, 0.3) is 11.0 Å². The second-order valence-corrected chi connectivity index (χ2v) is 9.40. The van der Waals surface area contributed by atoms with E-state index < -0.39 is 17.7 Å². The van der Waals surface area contributed by atoms with E-state index in [2.05, 4.69) is 0 Å². The molecular weight excluding hydrogens is 492 g/mol. The SMILES string of the molecule is CC(=O)Oc1ccc2c(C)c(CC(=O)N3CCN(C(=O)[C@@H]4COc5ccccc5O4)CC3)c(=O)oc2c1C. The molecule has 2 aromatic carbocycles. The standard InChI is InChI=1S/C28H28N2O8/c1-16-19-8-9-21(36-18(3)31)17(2)26(19)38-28(34)20(16)14-25(32)29-10-12-30(13-11-29)27(33)24-15-35-22-6-4-5-7-23(22)37-24/h4-9,24H,10-15H2,1-3H3/t24-/m0/s1. The van der Waals surface area contributed by atoms with Crippen LogP contribution in [-0.4, -0.2) is 66.5 Å². The second kappa shape index (κ2) is 10.2. The number of ether oxygens (including phenoxy) is 3. The fourth-order valence-electron chi connectivity index (χ4n) is 4.82. The smallest absolute Gasteiger partial charge is 0.340 e.